The predicted molar refractivity (Wildman–Crippen MR) is 157 cm³/mol. The Balaban J connectivity index is 1.19. The summed E-state index contributed by atoms with van der Waals surface area (Å²) in [6.07, 6.45) is -0.329. The molecule has 254 valence electrons. The highest BCUT2D eigenvalue weighted by Crippen LogP contribution is 2.69. The third-order valence-electron chi connectivity index (χ3n) is 10.8. The minimum atomic E-state index is -2.49. The van der Waals surface area contributed by atoms with E-state index >= 15 is 4.39 Å². The molecule has 2 saturated carbocycles. The number of esters is 1. The monoisotopic (exact) mass is 660 g/mol. The van der Waals surface area contributed by atoms with Crippen LogP contribution in [0.3, 0.4) is 0 Å². The van der Waals surface area contributed by atoms with Gasteiger partial charge < -0.3 is 34.9 Å². The van der Waals surface area contributed by atoms with Crippen LogP contribution in [0.5, 0.6) is 0 Å². The van der Waals surface area contributed by atoms with E-state index in [1.165, 1.54) is 19.1 Å². The molecule has 8 atom stereocenters. The quantitative estimate of drug-likeness (QED) is 0.122. The van der Waals surface area contributed by atoms with Gasteiger partial charge in [0.15, 0.2) is 23.7 Å². The SMILES string of the molecule is C[C@]12C=CC(=O)CC1=CC[C@H]1[C@@H]3C[C@@H](O)[C@](O)(C(=O)COC(=O)NCC(=O)OCc4ccccc4CO[N+](=O)[O-])[C@@]3(C)C[C@H](O)[C@@]12F. The number of rotatable bonds is 10. The Morgan fingerprint density at radius 2 is 1.77 bits per heavy atom. The molecule has 4 N–H and O–H groups in total. The van der Waals surface area contributed by atoms with Crippen molar-refractivity contribution in [1.82, 2.24) is 5.32 Å². The highest BCUT2D eigenvalue weighted by Gasteiger charge is 2.76. The normalized spacial score (nSPS) is 35.4. The number of alkyl halides is 1. The number of hydrogen-bond acceptors (Lipinski definition) is 12. The van der Waals surface area contributed by atoms with E-state index in [0.29, 0.717) is 16.7 Å². The Kier molecular flexibility index (Phi) is 9.03. The molecule has 1 amide bonds. The number of halogens is 1. The lowest BCUT2D eigenvalue weighted by Gasteiger charge is -2.61. The van der Waals surface area contributed by atoms with E-state index < -0.39 is 82.2 Å². The lowest BCUT2D eigenvalue weighted by Crippen LogP contribution is -2.69. The van der Waals surface area contributed by atoms with E-state index in [4.69, 9.17) is 9.47 Å². The average Bonchev–Trinajstić information content (AvgIpc) is 3.23. The van der Waals surface area contributed by atoms with Gasteiger partial charge in [-0.1, -0.05) is 48.9 Å². The molecule has 5 rings (SSSR count). The van der Waals surface area contributed by atoms with Gasteiger partial charge in [0.2, 0.25) is 5.78 Å². The van der Waals surface area contributed by atoms with Crippen molar-refractivity contribution in [3.05, 3.63) is 69.3 Å². The summed E-state index contributed by atoms with van der Waals surface area (Å²) >= 11 is 0. The Morgan fingerprint density at radius 3 is 2.45 bits per heavy atom. The van der Waals surface area contributed by atoms with Crippen LogP contribution in [0.1, 0.15) is 50.7 Å². The molecule has 0 saturated heterocycles. The van der Waals surface area contributed by atoms with E-state index in [0.717, 1.165) is 0 Å². The number of Topliss-reactive ketones (excluding diaryl/α,β-unsaturated/α-hetero) is 1. The number of alkyl carbamates (subject to hydrolysis) is 1. The molecule has 0 aromatic heterocycles. The van der Waals surface area contributed by atoms with Gasteiger partial charge in [-0.05, 0) is 49.3 Å². The van der Waals surface area contributed by atoms with Crippen LogP contribution in [0.15, 0.2) is 48.1 Å². The van der Waals surface area contributed by atoms with Crippen LogP contribution < -0.4 is 5.32 Å². The molecule has 0 heterocycles. The van der Waals surface area contributed by atoms with Crippen LogP contribution in [-0.4, -0.2) is 80.7 Å². The number of carbonyl (C=O) groups is 4. The summed E-state index contributed by atoms with van der Waals surface area (Å²) in [5.74, 6) is -3.77. The van der Waals surface area contributed by atoms with Gasteiger partial charge in [-0.3, -0.25) is 14.4 Å². The topological polar surface area (TPSA) is 212 Å². The Labute approximate surface area is 268 Å². The van der Waals surface area contributed by atoms with Crippen molar-refractivity contribution in [1.29, 1.82) is 0 Å². The largest absolute Gasteiger partial charge is 0.459 e. The first kappa shape index (κ1) is 34.1. The number of nitrogens with one attached hydrogen (secondary N) is 1. The summed E-state index contributed by atoms with van der Waals surface area (Å²) in [7, 11) is 0. The molecule has 2 fully saturated rings. The Morgan fingerprint density at radius 1 is 1.09 bits per heavy atom. The van der Waals surface area contributed by atoms with Gasteiger partial charge in [0.05, 0.1) is 12.2 Å². The third kappa shape index (κ3) is 5.59. The Hall–Kier alpha value is -4.21. The number of benzene rings is 1. The van der Waals surface area contributed by atoms with Crippen LogP contribution in [0, 0.1) is 32.8 Å². The van der Waals surface area contributed by atoms with E-state index in [-0.39, 0.29) is 44.7 Å². The zero-order chi connectivity index (χ0) is 34.4. The molecule has 0 bridgehead atoms. The summed E-state index contributed by atoms with van der Waals surface area (Å²) in [6.45, 7) is 0.855. The lowest BCUT2D eigenvalue weighted by molar-refractivity contribution is -0.763. The molecule has 0 spiro atoms. The summed E-state index contributed by atoms with van der Waals surface area (Å²) in [5, 5.41) is 45.9. The van der Waals surface area contributed by atoms with Crippen molar-refractivity contribution < 1.29 is 58.3 Å². The number of allylic oxidation sites excluding steroid dienone is 4. The molecule has 0 unspecified atom stereocenters. The van der Waals surface area contributed by atoms with Gasteiger partial charge in [0, 0.05) is 23.2 Å². The second-order valence-corrected chi connectivity index (χ2v) is 13.1. The van der Waals surface area contributed by atoms with Gasteiger partial charge in [0.25, 0.3) is 5.09 Å². The van der Waals surface area contributed by atoms with Crippen LogP contribution in [0.4, 0.5) is 9.18 Å². The molecule has 4 aliphatic rings. The number of hydrogen-bond donors (Lipinski definition) is 4. The van der Waals surface area contributed by atoms with Gasteiger partial charge >= 0.3 is 12.1 Å². The molecule has 0 aliphatic heterocycles. The highest BCUT2D eigenvalue weighted by molar-refractivity contribution is 5.94. The molecule has 4 aliphatic carbocycles. The van der Waals surface area contributed by atoms with Crippen LogP contribution in [-0.2, 0) is 41.9 Å². The number of amides is 1. The van der Waals surface area contributed by atoms with Crippen LogP contribution in [0.25, 0.3) is 0 Å². The van der Waals surface area contributed by atoms with Crippen molar-refractivity contribution >= 4 is 23.6 Å². The summed E-state index contributed by atoms with van der Waals surface area (Å²) in [4.78, 5) is 64.8. The van der Waals surface area contributed by atoms with E-state index in [2.05, 4.69) is 10.2 Å². The summed E-state index contributed by atoms with van der Waals surface area (Å²) in [6, 6.07) is 6.38. The van der Waals surface area contributed by atoms with Crippen LogP contribution >= 0.6 is 0 Å². The third-order valence-corrected chi connectivity index (χ3v) is 10.8. The number of ketones is 2. The number of aliphatic hydroxyl groups excluding tert-OH is 2. The first-order valence-corrected chi connectivity index (χ1v) is 15.2. The minimum absolute atomic E-state index is 0.0254. The van der Waals surface area contributed by atoms with Crippen molar-refractivity contribution in [2.75, 3.05) is 13.2 Å². The standard InChI is InChI=1S/C32H37FN2O12/c1-29-10-9-21(36)11-20(29)7-8-22-23-12-24(37)32(42,30(23,2)13-25(38)31(22,29)33)26(39)17-46-28(41)34-14-27(40)45-15-18-5-3-4-6-19(18)16-47-35(43)44/h3-7,9-10,22-25,37-38,42H,8,11-17H2,1-2H3,(H,34,41)/t22-,23-,24+,25-,29-,30-,31-,32-/m0/s1. The summed E-state index contributed by atoms with van der Waals surface area (Å²) in [5.41, 5.74) is -6.10. The van der Waals surface area contributed by atoms with Crippen molar-refractivity contribution in [2.45, 2.75) is 76.2 Å². The fourth-order valence-electron chi connectivity index (χ4n) is 8.24. The average molecular weight is 661 g/mol. The van der Waals surface area contributed by atoms with Crippen molar-refractivity contribution in [3.63, 3.8) is 0 Å². The minimum Gasteiger partial charge on any atom is -0.459 e. The van der Waals surface area contributed by atoms with Crippen LogP contribution in [0.2, 0.25) is 0 Å². The molecule has 1 aromatic rings. The molecule has 14 nitrogen and oxygen atoms in total. The maximum Gasteiger partial charge on any atom is 0.408 e. The first-order valence-electron chi connectivity index (χ1n) is 15.2. The fraction of sp³-hybridized carbons (Fsp3) is 0.562. The molecular formula is C32H37FN2O12. The van der Waals surface area contributed by atoms with Gasteiger partial charge in [-0.25, -0.2) is 9.18 Å². The van der Waals surface area contributed by atoms with Gasteiger partial charge in [-0.15, -0.1) is 10.1 Å². The number of carbonyl (C=O) groups excluding carboxylic acids is 4. The number of nitrogens with zero attached hydrogens (tertiary/aromatic N) is 1. The molecular weight excluding hydrogens is 623 g/mol. The van der Waals surface area contributed by atoms with Gasteiger partial charge in [0.1, 0.15) is 19.8 Å². The molecule has 0 radical (unpaired) electrons. The number of aliphatic hydroxyl groups is 3. The molecule has 47 heavy (non-hydrogen) atoms. The second-order valence-electron chi connectivity index (χ2n) is 13.1. The van der Waals surface area contributed by atoms with Gasteiger partial charge in [-0.2, -0.15) is 0 Å². The van der Waals surface area contributed by atoms with E-state index in [1.807, 2.05) is 0 Å². The van der Waals surface area contributed by atoms with Crippen molar-refractivity contribution in [2.24, 2.45) is 22.7 Å². The number of ether oxygens (including phenoxy) is 2. The fourth-order valence-corrected chi connectivity index (χ4v) is 8.24. The van der Waals surface area contributed by atoms with Crippen molar-refractivity contribution in [3.8, 4) is 0 Å². The van der Waals surface area contributed by atoms with E-state index in [9.17, 15) is 44.6 Å². The highest BCUT2D eigenvalue weighted by atomic mass is 19.1. The zero-order valence-corrected chi connectivity index (χ0v) is 25.8. The lowest BCUT2D eigenvalue weighted by atomic mass is 9.45. The zero-order valence-electron chi connectivity index (χ0n) is 25.8. The van der Waals surface area contributed by atoms with E-state index in [1.54, 1.807) is 37.3 Å². The summed E-state index contributed by atoms with van der Waals surface area (Å²) < 4.78 is 27.3. The first-order chi connectivity index (χ1) is 22.1. The number of fused-ring (bicyclic) bond motifs is 5. The molecule has 15 heteroatoms. The Bertz CT molecular complexity index is 1550. The predicted octanol–water partition coefficient (Wildman–Crippen LogP) is 1.81. The smallest absolute Gasteiger partial charge is 0.408 e. The maximum atomic E-state index is 17.2. The second kappa shape index (κ2) is 12.4. The maximum absolute atomic E-state index is 17.2. The molecule has 1 aromatic carbocycles.